The molecular formula is C11H17N5O3. The molecule has 1 aliphatic rings. The zero-order valence-electron chi connectivity index (χ0n) is 10.8. The number of aliphatic carboxylic acids is 1. The van der Waals surface area contributed by atoms with Crippen molar-refractivity contribution in [1.82, 2.24) is 25.1 Å². The quantitative estimate of drug-likeness (QED) is 0.809. The summed E-state index contributed by atoms with van der Waals surface area (Å²) in [6.45, 7) is 2.51. The van der Waals surface area contributed by atoms with E-state index in [0.29, 0.717) is 18.9 Å². The number of carbonyl (C=O) groups is 2. The predicted molar refractivity (Wildman–Crippen MR) is 64.0 cm³/mol. The summed E-state index contributed by atoms with van der Waals surface area (Å²) in [7, 11) is 0. The molecule has 0 bridgehead atoms. The van der Waals surface area contributed by atoms with Crippen molar-refractivity contribution in [3.8, 4) is 0 Å². The number of hydrogen-bond acceptors (Lipinski definition) is 5. The van der Waals surface area contributed by atoms with Gasteiger partial charge in [-0.25, -0.2) is 9.48 Å². The van der Waals surface area contributed by atoms with Crippen molar-refractivity contribution in [2.24, 2.45) is 5.92 Å². The Morgan fingerprint density at radius 3 is 2.84 bits per heavy atom. The second-order valence-electron chi connectivity index (χ2n) is 4.75. The van der Waals surface area contributed by atoms with Gasteiger partial charge in [0.15, 0.2) is 0 Å². The Balaban J connectivity index is 2.04. The summed E-state index contributed by atoms with van der Waals surface area (Å²) in [6, 6.07) is -0.734. The molecule has 1 aromatic rings. The zero-order chi connectivity index (χ0) is 13.8. The molecule has 1 fully saturated rings. The van der Waals surface area contributed by atoms with Crippen LogP contribution < -0.4 is 0 Å². The Morgan fingerprint density at radius 1 is 1.47 bits per heavy atom. The molecule has 2 heterocycles. The lowest BCUT2D eigenvalue weighted by atomic mass is 9.89. The lowest BCUT2D eigenvalue weighted by Gasteiger charge is -2.36. The second-order valence-corrected chi connectivity index (χ2v) is 4.75. The topological polar surface area (TPSA) is 101 Å². The number of carboxylic acids is 1. The minimum Gasteiger partial charge on any atom is -0.480 e. The summed E-state index contributed by atoms with van der Waals surface area (Å²) < 4.78 is 1.30. The van der Waals surface area contributed by atoms with Crippen LogP contribution in [0.25, 0.3) is 0 Å². The molecule has 19 heavy (non-hydrogen) atoms. The van der Waals surface area contributed by atoms with E-state index < -0.39 is 12.0 Å². The monoisotopic (exact) mass is 267 g/mol. The number of aromatic nitrogens is 4. The highest BCUT2D eigenvalue weighted by Gasteiger charge is 2.35. The molecule has 1 aliphatic heterocycles. The average molecular weight is 267 g/mol. The third-order valence-corrected chi connectivity index (χ3v) is 3.58. The molecule has 1 saturated heterocycles. The van der Waals surface area contributed by atoms with Crippen LogP contribution in [0.1, 0.15) is 26.2 Å². The van der Waals surface area contributed by atoms with E-state index in [-0.39, 0.29) is 12.5 Å². The largest absolute Gasteiger partial charge is 0.480 e. The number of carbonyl (C=O) groups excluding carboxylic acids is 1. The first-order valence-corrected chi connectivity index (χ1v) is 6.34. The van der Waals surface area contributed by atoms with Crippen LogP contribution in [0.15, 0.2) is 6.33 Å². The molecule has 8 heteroatoms. The van der Waals surface area contributed by atoms with Crippen LogP contribution in [0.5, 0.6) is 0 Å². The van der Waals surface area contributed by atoms with Crippen molar-refractivity contribution in [3.05, 3.63) is 6.33 Å². The third-order valence-electron chi connectivity index (χ3n) is 3.58. The number of likely N-dealkylation sites (tertiary alicyclic amines) is 1. The van der Waals surface area contributed by atoms with Crippen LogP contribution in [0, 0.1) is 5.92 Å². The van der Waals surface area contributed by atoms with Crippen molar-refractivity contribution in [2.45, 2.75) is 38.8 Å². The van der Waals surface area contributed by atoms with Gasteiger partial charge in [0, 0.05) is 6.54 Å². The van der Waals surface area contributed by atoms with Gasteiger partial charge in [-0.2, -0.15) is 0 Å². The maximum Gasteiger partial charge on any atom is 0.326 e. The molecule has 0 radical (unpaired) electrons. The maximum atomic E-state index is 12.1. The number of nitrogens with zero attached hydrogens (tertiary/aromatic N) is 5. The molecule has 1 amide bonds. The van der Waals surface area contributed by atoms with E-state index in [2.05, 4.69) is 15.5 Å². The number of rotatable bonds is 4. The Labute approximate surface area is 110 Å². The van der Waals surface area contributed by atoms with E-state index in [0.717, 1.165) is 12.8 Å². The normalized spacial score (nSPS) is 23.3. The fraction of sp³-hybridized carbons (Fsp3) is 0.727. The summed E-state index contributed by atoms with van der Waals surface area (Å²) in [5.41, 5.74) is 0. The van der Waals surface area contributed by atoms with Crippen molar-refractivity contribution in [3.63, 3.8) is 0 Å². The Hall–Kier alpha value is -1.99. The number of tetrazole rings is 1. The van der Waals surface area contributed by atoms with Crippen LogP contribution in [-0.2, 0) is 16.1 Å². The van der Waals surface area contributed by atoms with Crippen LogP contribution in [0.3, 0.4) is 0 Å². The molecule has 0 spiro atoms. The fourth-order valence-corrected chi connectivity index (χ4v) is 2.42. The highest BCUT2D eigenvalue weighted by molar-refractivity contribution is 5.83. The van der Waals surface area contributed by atoms with Gasteiger partial charge in [-0.05, 0) is 29.2 Å². The van der Waals surface area contributed by atoms with Gasteiger partial charge in [0.1, 0.15) is 18.9 Å². The predicted octanol–water partition coefficient (Wildman–Crippen LogP) is -0.225. The first-order chi connectivity index (χ1) is 9.11. The molecule has 2 unspecified atom stereocenters. The molecule has 1 N–H and O–H groups in total. The molecular weight excluding hydrogens is 250 g/mol. The van der Waals surface area contributed by atoms with Gasteiger partial charge in [-0.3, -0.25) is 4.79 Å². The molecule has 104 valence electrons. The van der Waals surface area contributed by atoms with Gasteiger partial charge in [0.05, 0.1) is 0 Å². The van der Waals surface area contributed by atoms with Crippen LogP contribution in [0.2, 0.25) is 0 Å². The van der Waals surface area contributed by atoms with E-state index in [1.54, 1.807) is 0 Å². The minimum atomic E-state index is -0.941. The minimum absolute atomic E-state index is 0.0203. The molecule has 2 atom stereocenters. The summed E-state index contributed by atoms with van der Waals surface area (Å²) in [4.78, 5) is 24.8. The first kappa shape index (κ1) is 13.4. The number of carboxylic acid groups (broad SMARTS) is 1. The summed E-state index contributed by atoms with van der Waals surface area (Å²) in [5, 5.41) is 19.8. The van der Waals surface area contributed by atoms with Crippen LogP contribution >= 0.6 is 0 Å². The van der Waals surface area contributed by atoms with Gasteiger partial charge in [-0.15, -0.1) is 5.10 Å². The van der Waals surface area contributed by atoms with Crippen molar-refractivity contribution < 1.29 is 14.7 Å². The molecule has 8 nitrogen and oxygen atoms in total. The highest BCUT2D eigenvalue weighted by atomic mass is 16.4. The average Bonchev–Trinajstić information content (AvgIpc) is 2.90. The van der Waals surface area contributed by atoms with E-state index in [4.69, 9.17) is 0 Å². The van der Waals surface area contributed by atoms with Crippen LogP contribution in [0.4, 0.5) is 0 Å². The Bertz CT molecular complexity index is 447. The fourth-order valence-electron chi connectivity index (χ4n) is 2.42. The zero-order valence-corrected chi connectivity index (χ0v) is 10.8. The Kier molecular flexibility index (Phi) is 4.08. The first-order valence-electron chi connectivity index (χ1n) is 6.34. The van der Waals surface area contributed by atoms with E-state index >= 15 is 0 Å². The lowest BCUT2D eigenvalue weighted by Crippen LogP contribution is -2.51. The SMILES string of the molecule is CCC1CCN(C(=O)Cn2cnnn2)C(C(=O)O)C1. The van der Waals surface area contributed by atoms with Gasteiger partial charge >= 0.3 is 5.97 Å². The molecule has 1 aromatic heterocycles. The van der Waals surface area contributed by atoms with Crippen molar-refractivity contribution in [2.75, 3.05) is 6.54 Å². The summed E-state index contributed by atoms with van der Waals surface area (Å²) in [5.74, 6) is -0.823. The van der Waals surface area contributed by atoms with E-state index in [1.165, 1.54) is 15.9 Å². The van der Waals surface area contributed by atoms with Gasteiger partial charge in [0.2, 0.25) is 5.91 Å². The molecule has 2 rings (SSSR count). The summed E-state index contributed by atoms with van der Waals surface area (Å²) in [6.07, 6.45) is 3.65. The molecule has 0 saturated carbocycles. The number of piperidine rings is 1. The number of hydrogen-bond donors (Lipinski definition) is 1. The van der Waals surface area contributed by atoms with Crippen molar-refractivity contribution >= 4 is 11.9 Å². The van der Waals surface area contributed by atoms with Gasteiger partial charge in [0.25, 0.3) is 0 Å². The number of amides is 1. The third kappa shape index (κ3) is 3.07. The smallest absolute Gasteiger partial charge is 0.326 e. The van der Waals surface area contributed by atoms with E-state index in [9.17, 15) is 14.7 Å². The molecule has 0 aliphatic carbocycles. The lowest BCUT2D eigenvalue weighted by molar-refractivity contribution is -0.153. The van der Waals surface area contributed by atoms with Crippen LogP contribution in [-0.4, -0.2) is 54.7 Å². The maximum absolute atomic E-state index is 12.1. The second kappa shape index (κ2) is 5.77. The highest BCUT2D eigenvalue weighted by Crippen LogP contribution is 2.25. The standard InChI is InChI=1S/C11H17N5O3/c1-2-8-3-4-16(9(5-8)11(18)19)10(17)6-15-7-12-13-14-15/h7-9H,2-6H2,1H3,(H,18,19). The van der Waals surface area contributed by atoms with E-state index in [1.807, 2.05) is 6.92 Å². The Morgan fingerprint density at radius 2 is 2.26 bits per heavy atom. The van der Waals surface area contributed by atoms with Gasteiger partial charge < -0.3 is 10.0 Å². The van der Waals surface area contributed by atoms with Gasteiger partial charge in [-0.1, -0.05) is 13.3 Å². The summed E-state index contributed by atoms with van der Waals surface area (Å²) >= 11 is 0. The van der Waals surface area contributed by atoms with Crippen molar-refractivity contribution in [1.29, 1.82) is 0 Å². The molecule has 0 aromatic carbocycles.